The molecule has 82 valence electrons. The van der Waals surface area contributed by atoms with Gasteiger partial charge in [0.2, 0.25) is 0 Å². The number of hydrogen-bond acceptors (Lipinski definition) is 4. The highest BCUT2D eigenvalue weighted by atomic mass is 16.5. The van der Waals surface area contributed by atoms with Gasteiger partial charge in [0, 0.05) is 13.3 Å². The third-order valence-corrected chi connectivity index (χ3v) is 2.92. The first kappa shape index (κ1) is 10.4. The number of ether oxygens (including phenoxy) is 1. The summed E-state index contributed by atoms with van der Waals surface area (Å²) in [5.41, 5.74) is 0. The summed E-state index contributed by atoms with van der Waals surface area (Å²) in [6, 6.07) is 2.28. The molecule has 0 saturated heterocycles. The zero-order valence-corrected chi connectivity index (χ0v) is 9.02. The molecule has 2 atom stereocenters. The third kappa shape index (κ3) is 2.65. The van der Waals surface area contributed by atoms with Crippen molar-refractivity contribution in [1.29, 1.82) is 0 Å². The van der Waals surface area contributed by atoms with Crippen LogP contribution in [0, 0.1) is 0 Å². The SMILES string of the molecule is COC1CCCCC1Nc1ccncn1. The number of methoxy groups -OCH3 is 1. The van der Waals surface area contributed by atoms with Crippen LogP contribution in [0.3, 0.4) is 0 Å². The van der Waals surface area contributed by atoms with Gasteiger partial charge in [-0.3, -0.25) is 0 Å². The van der Waals surface area contributed by atoms with E-state index in [0.29, 0.717) is 12.1 Å². The molecule has 0 spiro atoms. The second-order valence-corrected chi connectivity index (χ2v) is 3.90. The summed E-state index contributed by atoms with van der Waals surface area (Å²) in [4.78, 5) is 8.06. The molecule has 1 N–H and O–H groups in total. The number of nitrogens with zero attached hydrogens (tertiary/aromatic N) is 2. The molecule has 2 rings (SSSR count). The normalized spacial score (nSPS) is 26.2. The Hall–Kier alpha value is -1.16. The van der Waals surface area contributed by atoms with E-state index in [4.69, 9.17) is 4.74 Å². The lowest BCUT2D eigenvalue weighted by molar-refractivity contribution is 0.0605. The predicted octanol–water partition coefficient (Wildman–Crippen LogP) is 1.85. The monoisotopic (exact) mass is 207 g/mol. The van der Waals surface area contributed by atoms with Gasteiger partial charge in [-0.1, -0.05) is 12.8 Å². The number of anilines is 1. The minimum atomic E-state index is 0.314. The van der Waals surface area contributed by atoms with Crippen LogP contribution < -0.4 is 5.32 Å². The van der Waals surface area contributed by atoms with E-state index in [2.05, 4.69) is 15.3 Å². The molecule has 1 fully saturated rings. The van der Waals surface area contributed by atoms with Crippen molar-refractivity contribution in [3.8, 4) is 0 Å². The second-order valence-electron chi connectivity index (χ2n) is 3.90. The lowest BCUT2D eigenvalue weighted by Crippen LogP contribution is -2.37. The van der Waals surface area contributed by atoms with Gasteiger partial charge in [-0.2, -0.15) is 0 Å². The molecule has 4 nitrogen and oxygen atoms in total. The minimum Gasteiger partial charge on any atom is -0.379 e. The maximum Gasteiger partial charge on any atom is 0.129 e. The van der Waals surface area contributed by atoms with Crippen LogP contribution in [-0.2, 0) is 4.74 Å². The van der Waals surface area contributed by atoms with Gasteiger partial charge in [0.25, 0.3) is 0 Å². The van der Waals surface area contributed by atoms with E-state index >= 15 is 0 Å². The van der Waals surface area contributed by atoms with Crippen molar-refractivity contribution in [3.05, 3.63) is 18.6 Å². The first-order valence-electron chi connectivity index (χ1n) is 5.45. The van der Waals surface area contributed by atoms with Crippen LogP contribution in [0.4, 0.5) is 5.82 Å². The fourth-order valence-electron chi connectivity index (χ4n) is 2.11. The van der Waals surface area contributed by atoms with E-state index < -0.39 is 0 Å². The first-order valence-corrected chi connectivity index (χ1v) is 5.45. The number of nitrogens with one attached hydrogen (secondary N) is 1. The Morgan fingerprint density at radius 2 is 2.27 bits per heavy atom. The highest BCUT2D eigenvalue weighted by Gasteiger charge is 2.24. The van der Waals surface area contributed by atoms with Gasteiger partial charge in [-0.05, 0) is 18.9 Å². The molecule has 1 aliphatic rings. The fourth-order valence-corrected chi connectivity index (χ4v) is 2.11. The summed E-state index contributed by atoms with van der Waals surface area (Å²) in [7, 11) is 1.78. The van der Waals surface area contributed by atoms with Crippen molar-refractivity contribution in [2.24, 2.45) is 0 Å². The highest BCUT2D eigenvalue weighted by molar-refractivity contribution is 5.33. The molecule has 0 aliphatic heterocycles. The Labute approximate surface area is 90.1 Å². The molecule has 1 heterocycles. The minimum absolute atomic E-state index is 0.314. The molecule has 0 radical (unpaired) electrons. The summed E-state index contributed by atoms with van der Waals surface area (Å²) in [6.07, 6.45) is 8.45. The van der Waals surface area contributed by atoms with Gasteiger partial charge in [0.1, 0.15) is 12.1 Å². The van der Waals surface area contributed by atoms with E-state index in [1.807, 2.05) is 6.07 Å². The maximum absolute atomic E-state index is 5.47. The van der Waals surface area contributed by atoms with Crippen molar-refractivity contribution in [3.63, 3.8) is 0 Å². The molecule has 1 aromatic rings. The van der Waals surface area contributed by atoms with E-state index in [-0.39, 0.29) is 0 Å². The summed E-state index contributed by atoms with van der Waals surface area (Å²) < 4.78 is 5.47. The molecule has 4 heteroatoms. The van der Waals surface area contributed by atoms with Gasteiger partial charge in [0.15, 0.2) is 0 Å². The molecule has 1 saturated carbocycles. The summed E-state index contributed by atoms with van der Waals surface area (Å²) in [5.74, 6) is 0.888. The molecule has 0 aromatic carbocycles. The van der Waals surface area contributed by atoms with Crippen molar-refractivity contribution >= 4 is 5.82 Å². The van der Waals surface area contributed by atoms with Crippen LogP contribution in [0.5, 0.6) is 0 Å². The quantitative estimate of drug-likeness (QED) is 0.821. The Bertz CT molecular complexity index is 291. The lowest BCUT2D eigenvalue weighted by Gasteiger charge is -2.31. The Morgan fingerprint density at radius 1 is 1.40 bits per heavy atom. The van der Waals surface area contributed by atoms with Crippen LogP contribution in [0.15, 0.2) is 18.6 Å². The van der Waals surface area contributed by atoms with Crippen molar-refractivity contribution in [1.82, 2.24) is 9.97 Å². The number of hydrogen-bond donors (Lipinski definition) is 1. The topological polar surface area (TPSA) is 47.0 Å². The highest BCUT2D eigenvalue weighted by Crippen LogP contribution is 2.23. The van der Waals surface area contributed by atoms with Gasteiger partial charge >= 0.3 is 0 Å². The van der Waals surface area contributed by atoms with E-state index in [1.54, 1.807) is 19.6 Å². The maximum atomic E-state index is 5.47. The molecule has 1 aromatic heterocycles. The molecule has 0 bridgehead atoms. The lowest BCUT2D eigenvalue weighted by atomic mass is 9.92. The van der Waals surface area contributed by atoms with Crippen LogP contribution in [-0.4, -0.2) is 29.2 Å². The van der Waals surface area contributed by atoms with Gasteiger partial charge in [0.05, 0.1) is 12.1 Å². The molecule has 15 heavy (non-hydrogen) atoms. The van der Waals surface area contributed by atoms with Crippen LogP contribution in [0.2, 0.25) is 0 Å². The van der Waals surface area contributed by atoms with E-state index in [9.17, 15) is 0 Å². The summed E-state index contributed by atoms with van der Waals surface area (Å²) in [5, 5.41) is 3.41. The predicted molar refractivity (Wildman–Crippen MR) is 58.7 cm³/mol. The molecular weight excluding hydrogens is 190 g/mol. The van der Waals surface area contributed by atoms with Crippen molar-refractivity contribution < 1.29 is 4.74 Å². The van der Waals surface area contributed by atoms with E-state index in [0.717, 1.165) is 18.7 Å². The largest absolute Gasteiger partial charge is 0.379 e. The Morgan fingerprint density at radius 3 is 3.00 bits per heavy atom. The zero-order chi connectivity index (χ0) is 10.5. The molecular formula is C11H17N3O. The van der Waals surface area contributed by atoms with Crippen molar-refractivity contribution in [2.75, 3.05) is 12.4 Å². The van der Waals surface area contributed by atoms with Crippen LogP contribution in [0.1, 0.15) is 25.7 Å². The standard InChI is InChI=1S/C11H17N3O/c1-15-10-5-3-2-4-9(10)14-11-6-7-12-8-13-11/h6-10H,2-5H2,1H3,(H,12,13,14). The van der Waals surface area contributed by atoms with Crippen LogP contribution >= 0.6 is 0 Å². The summed E-state index contributed by atoms with van der Waals surface area (Å²) in [6.45, 7) is 0. The number of aromatic nitrogens is 2. The van der Waals surface area contributed by atoms with Crippen LogP contribution in [0.25, 0.3) is 0 Å². The van der Waals surface area contributed by atoms with E-state index in [1.165, 1.54) is 12.8 Å². The summed E-state index contributed by atoms with van der Waals surface area (Å²) >= 11 is 0. The van der Waals surface area contributed by atoms with Crippen molar-refractivity contribution in [2.45, 2.75) is 37.8 Å². The third-order valence-electron chi connectivity index (χ3n) is 2.92. The molecule has 0 amide bonds. The Balaban J connectivity index is 1.97. The smallest absolute Gasteiger partial charge is 0.129 e. The van der Waals surface area contributed by atoms with Gasteiger partial charge in [-0.15, -0.1) is 0 Å². The van der Waals surface area contributed by atoms with Gasteiger partial charge in [-0.25, -0.2) is 9.97 Å². The second kappa shape index (κ2) is 5.07. The fraction of sp³-hybridized carbons (Fsp3) is 0.636. The number of rotatable bonds is 3. The van der Waals surface area contributed by atoms with Gasteiger partial charge < -0.3 is 10.1 Å². The molecule has 2 unspecified atom stereocenters. The Kier molecular flexibility index (Phi) is 3.50. The zero-order valence-electron chi connectivity index (χ0n) is 9.02. The first-order chi connectivity index (χ1) is 7.40. The average Bonchev–Trinajstić information content (AvgIpc) is 2.31. The average molecular weight is 207 g/mol. The molecule has 1 aliphatic carbocycles.